The normalized spacial score (nSPS) is 32.2. The number of rotatable bonds is 1. The third kappa shape index (κ3) is 2.06. The van der Waals surface area contributed by atoms with Crippen molar-refractivity contribution in [2.24, 2.45) is 5.41 Å². The molecule has 1 saturated carbocycles. The zero-order valence-corrected chi connectivity index (χ0v) is 10.7. The number of carbonyl (C=O) groups is 2. The SMILES string of the molecule is O=C1CC2(CCCC2)CC(=O)N1C1CNCCN1. The van der Waals surface area contributed by atoms with E-state index < -0.39 is 0 Å². The van der Waals surface area contributed by atoms with Crippen LogP contribution in [0.3, 0.4) is 0 Å². The lowest BCUT2D eigenvalue weighted by molar-refractivity contribution is -0.157. The van der Waals surface area contributed by atoms with Crippen molar-refractivity contribution in [2.75, 3.05) is 19.6 Å². The van der Waals surface area contributed by atoms with Crippen LogP contribution in [-0.2, 0) is 9.59 Å². The van der Waals surface area contributed by atoms with Gasteiger partial charge in [-0.05, 0) is 18.3 Å². The highest BCUT2D eigenvalue weighted by molar-refractivity contribution is 5.99. The molecule has 0 aromatic rings. The molecule has 1 aliphatic carbocycles. The molecule has 0 aromatic carbocycles. The molecule has 3 aliphatic rings. The van der Waals surface area contributed by atoms with Crippen molar-refractivity contribution < 1.29 is 9.59 Å². The lowest BCUT2D eigenvalue weighted by Crippen LogP contribution is -2.62. The number of imide groups is 1. The fourth-order valence-corrected chi connectivity index (χ4v) is 3.66. The van der Waals surface area contributed by atoms with Crippen molar-refractivity contribution >= 4 is 11.8 Å². The fraction of sp³-hybridized carbons (Fsp3) is 0.846. The van der Waals surface area contributed by atoms with Crippen molar-refractivity contribution in [1.29, 1.82) is 0 Å². The van der Waals surface area contributed by atoms with E-state index in [4.69, 9.17) is 0 Å². The van der Waals surface area contributed by atoms with Crippen LogP contribution in [0.5, 0.6) is 0 Å². The molecule has 0 radical (unpaired) electrons. The van der Waals surface area contributed by atoms with Gasteiger partial charge in [0, 0.05) is 32.5 Å². The summed E-state index contributed by atoms with van der Waals surface area (Å²) >= 11 is 0. The topological polar surface area (TPSA) is 61.4 Å². The summed E-state index contributed by atoms with van der Waals surface area (Å²) in [7, 11) is 0. The van der Waals surface area contributed by atoms with Gasteiger partial charge in [0.15, 0.2) is 0 Å². The van der Waals surface area contributed by atoms with Crippen LogP contribution < -0.4 is 10.6 Å². The highest BCUT2D eigenvalue weighted by Gasteiger charge is 2.46. The summed E-state index contributed by atoms with van der Waals surface area (Å²) in [5.74, 6) is 0.0451. The highest BCUT2D eigenvalue weighted by atomic mass is 16.2. The number of hydrogen-bond donors (Lipinski definition) is 2. The maximum Gasteiger partial charge on any atom is 0.231 e. The van der Waals surface area contributed by atoms with Crippen molar-refractivity contribution in [3.8, 4) is 0 Å². The standard InChI is InChI=1S/C13H21N3O2/c17-11-7-13(3-1-2-4-13)8-12(18)16(11)10-9-14-5-6-15-10/h10,14-15H,1-9H2. The van der Waals surface area contributed by atoms with Gasteiger partial charge in [-0.15, -0.1) is 0 Å². The molecule has 0 bridgehead atoms. The summed E-state index contributed by atoms with van der Waals surface area (Å²) in [6, 6.07) is 0. The predicted octanol–water partition coefficient (Wildman–Crippen LogP) is 0.215. The van der Waals surface area contributed by atoms with E-state index in [0.29, 0.717) is 19.4 Å². The summed E-state index contributed by atoms with van der Waals surface area (Å²) in [5.41, 5.74) is 0.00671. The van der Waals surface area contributed by atoms with Crippen LogP contribution in [0.4, 0.5) is 0 Å². The molecule has 0 aromatic heterocycles. The van der Waals surface area contributed by atoms with Crippen molar-refractivity contribution in [1.82, 2.24) is 15.5 Å². The quantitative estimate of drug-likeness (QED) is 0.654. The Bertz CT molecular complexity index is 337. The Morgan fingerprint density at radius 1 is 1.06 bits per heavy atom. The van der Waals surface area contributed by atoms with E-state index in [1.807, 2.05) is 0 Å². The van der Waals surface area contributed by atoms with Crippen molar-refractivity contribution in [2.45, 2.75) is 44.7 Å². The lowest BCUT2D eigenvalue weighted by Gasteiger charge is -2.42. The van der Waals surface area contributed by atoms with Crippen LogP contribution in [0.15, 0.2) is 0 Å². The predicted molar refractivity (Wildman–Crippen MR) is 66.6 cm³/mol. The average molecular weight is 251 g/mol. The van der Waals surface area contributed by atoms with Gasteiger partial charge in [0.25, 0.3) is 0 Å². The Balaban J connectivity index is 1.73. The fourth-order valence-electron chi connectivity index (χ4n) is 3.66. The Morgan fingerprint density at radius 3 is 2.28 bits per heavy atom. The molecule has 3 fully saturated rings. The van der Waals surface area contributed by atoms with Gasteiger partial charge in [0.1, 0.15) is 6.17 Å². The Morgan fingerprint density at radius 2 is 1.72 bits per heavy atom. The van der Waals surface area contributed by atoms with E-state index in [0.717, 1.165) is 25.9 Å². The molecule has 1 unspecified atom stereocenters. The van der Waals surface area contributed by atoms with Crippen LogP contribution in [-0.4, -0.2) is 42.5 Å². The summed E-state index contributed by atoms with van der Waals surface area (Å²) < 4.78 is 0. The minimum Gasteiger partial charge on any atom is -0.312 e. The molecule has 5 nitrogen and oxygen atoms in total. The van der Waals surface area contributed by atoms with E-state index in [9.17, 15) is 9.59 Å². The number of nitrogens with one attached hydrogen (secondary N) is 2. The number of hydrogen-bond acceptors (Lipinski definition) is 4. The van der Waals surface area contributed by atoms with Gasteiger partial charge in [-0.1, -0.05) is 12.8 Å². The lowest BCUT2D eigenvalue weighted by atomic mass is 9.76. The first-order chi connectivity index (χ1) is 8.70. The Labute approximate surface area is 107 Å². The first-order valence-electron chi connectivity index (χ1n) is 6.99. The maximum absolute atomic E-state index is 12.3. The molecule has 5 heteroatoms. The minimum absolute atomic E-state index is 0.00671. The van der Waals surface area contributed by atoms with E-state index >= 15 is 0 Å². The van der Waals surface area contributed by atoms with Gasteiger partial charge in [-0.25, -0.2) is 0 Å². The third-order valence-electron chi connectivity index (χ3n) is 4.59. The van der Waals surface area contributed by atoms with E-state index in [1.165, 1.54) is 17.7 Å². The molecular weight excluding hydrogens is 230 g/mol. The average Bonchev–Trinajstić information content (AvgIpc) is 2.77. The highest BCUT2D eigenvalue weighted by Crippen LogP contribution is 2.47. The molecule has 1 atom stereocenters. The molecule has 18 heavy (non-hydrogen) atoms. The Hall–Kier alpha value is -0.940. The van der Waals surface area contributed by atoms with Crippen LogP contribution in [0.2, 0.25) is 0 Å². The van der Waals surface area contributed by atoms with E-state index in [1.54, 1.807) is 0 Å². The van der Waals surface area contributed by atoms with Gasteiger partial charge in [0.05, 0.1) is 0 Å². The summed E-state index contributed by atoms with van der Waals surface area (Å²) in [6.07, 6.45) is 5.43. The van der Waals surface area contributed by atoms with Crippen molar-refractivity contribution in [3.63, 3.8) is 0 Å². The van der Waals surface area contributed by atoms with Crippen LogP contribution in [0.1, 0.15) is 38.5 Å². The second kappa shape index (κ2) is 4.63. The molecule has 1 spiro atoms. The van der Waals surface area contributed by atoms with Crippen LogP contribution in [0, 0.1) is 5.41 Å². The Kier molecular flexibility index (Phi) is 3.11. The molecule has 2 aliphatic heterocycles. The largest absolute Gasteiger partial charge is 0.312 e. The van der Waals surface area contributed by atoms with Gasteiger partial charge >= 0.3 is 0 Å². The van der Waals surface area contributed by atoms with Gasteiger partial charge < -0.3 is 5.32 Å². The minimum atomic E-state index is -0.141. The third-order valence-corrected chi connectivity index (χ3v) is 4.59. The number of nitrogens with zero attached hydrogens (tertiary/aromatic N) is 1. The zero-order chi connectivity index (χ0) is 12.6. The molecular formula is C13H21N3O2. The van der Waals surface area contributed by atoms with Gasteiger partial charge in [-0.3, -0.25) is 19.8 Å². The molecule has 100 valence electrons. The van der Waals surface area contributed by atoms with E-state index in [-0.39, 0.29) is 23.4 Å². The van der Waals surface area contributed by atoms with E-state index in [2.05, 4.69) is 10.6 Å². The maximum atomic E-state index is 12.3. The first kappa shape index (κ1) is 12.1. The van der Waals surface area contributed by atoms with Gasteiger partial charge in [0.2, 0.25) is 11.8 Å². The molecule has 3 rings (SSSR count). The first-order valence-corrected chi connectivity index (χ1v) is 6.99. The van der Waals surface area contributed by atoms with Crippen LogP contribution in [0.25, 0.3) is 0 Å². The summed E-state index contributed by atoms with van der Waals surface area (Å²) in [6.45, 7) is 2.38. The second-order valence-electron chi connectivity index (χ2n) is 5.89. The molecule has 2 amide bonds. The summed E-state index contributed by atoms with van der Waals surface area (Å²) in [4.78, 5) is 26.1. The molecule has 2 N–H and O–H groups in total. The summed E-state index contributed by atoms with van der Waals surface area (Å²) in [5, 5.41) is 6.48. The molecule has 2 heterocycles. The number of likely N-dealkylation sites (tertiary alicyclic amines) is 1. The molecule has 2 saturated heterocycles. The number of amides is 2. The number of piperidine rings is 1. The number of carbonyl (C=O) groups excluding carboxylic acids is 2. The zero-order valence-electron chi connectivity index (χ0n) is 10.7. The second-order valence-corrected chi connectivity index (χ2v) is 5.89. The smallest absolute Gasteiger partial charge is 0.231 e. The monoisotopic (exact) mass is 251 g/mol. The van der Waals surface area contributed by atoms with Crippen molar-refractivity contribution in [3.05, 3.63) is 0 Å². The van der Waals surface area contributed by atoms with Crippen LogP contribution >= 0.6 is 0 Å². The van der Waals surface area contributed by atoms with Gasteiger partial charge in [-0.2, -0.15) is 0 Å². The number of piperazine rings is 1.